The minimum Gasteiger partial charge on any atom is -0.507 e. The lowest BCUT2D eigenvalue weighted by Crippen LogP contribution is -2.12. The summed E-state index contributed by atoms with van der Waals surface area (Å²) in [6, 6.07) is 1.86. The van der Waals surface area contributed by atoms with Gasteiger partial charge in [-0.2, -0.15) is 0 Å². The number of unbranched alkanes of at least 4 members (excludes halogenated alkanes) is 14. The van der Waals surface area contributed by atoms with E-state index in [4.69, 9.17) is 0 Å². The van der Waals surface area contributed by atoms with Crippen molar-refractivity contribution < 1.29 is 9.90 Å². The van der Waals surface area contributed by atoms with Crippen molar-refractivity contribution in [1.29, 1.82) is 0 Å². The molecule has 1 aromatic rings. The molecule has 0 unspecified atom stereocenters. The van der Waals surface area contributed by atoms with Crippen molar-refractivity contribution in [2.45, 2.75) is 130 Å². The van der Waals surface area contributed by atoms with Crippen LogP contribution in [0.25, 0.3) is 0 Å². The quantitative estimate of drug-likeness (QED) is 0.197. The van der Waals surface area contributed by atoms with Crippen LogP contribution in [-0.4, -0.2) is 11.0 Å². The molecule has 0 fully saturated rings. The van der Waals surface area contributed by atoms with Crippen molar-refractivity contribution >= 4 is 11.6 Å². The minimum absolute atomic E-state index is 0.0808. The maximum atomic E-state index is 12.2. The third-order valence-corrected chi connectivity index (χ3v) is 6.34. The number of anilines is 1. The SMILES string of the molecule is CCCCCCCCCCCCCCCCCC(=O)Nc1cc(C)c(O)c(C)c1C. The maximum absolute atomic E-state index is 12.2. The van der Waals surface area contributed by atoms with Gasteiger partial charge in [0.2, 0.25) is 5.91 Å². The van der Waals surface area contributed by atoms with Crippen LogP contribution >= 0.6 is 0 Å². The minimum atomic E-state index is 0.0808. The summed E-state index contributed by atoms with van der Waals surface area (Å²) in [5.74, 6) is 0.408. The van der Waals surface area contributed by atoms with Crippen molar-refractivity contribution in [2.24, 2.45) is 0 Å². The first-order valence-electron chi connectivity index (χ1n) is 12.6. The van der Waals surface area contributed by atoms with Crippen molar-refractivity contribution in [3.05, 3.63) is 22.8 Å². The molecule has 2 N–H and O–H groups in total. The second-order valence-corrected chi connectivity index (χ2v) is 9.09. The van der Waals surface area contributed by atoms with Crippen molar-refractivity contribution in [3.8, 4) is 5.75 Å². The van der Waals surface area contributed by atoms with Gasteiger partial charge in [0.25, 0.3) is 0 Å². The van der Waals surface area contributed by atoms with Crippen molar-refractivity contribution in [2.75, 3.05) is 5.32 Å². The number of hydrogen-bond donors (Lipinski definition) is 2. The highest BCUT2D eigenvalue weighted by molar-refractivity contribution is 5.92. The molecule has 0 spiro atoms. The van der Waals surface area contributed by atoms with Gasteiger partial charge < -0.3 is 10.4 Å². The zero-order valence-corrected chi connectivity index (χ0v) is 20.2. The van der Waals surface area contributed by atoms with E-state index in [-0.39, 0.29) is 5.91 Å². The lowest BCUT2D eigenvalue weighted by molar-refractivity contribution is -0.116. The fourth-order valence-corrected chi connectivity index (χ4v) is 4.07. The number of benzene rings is 1. The molecule has 0 aliphatic heterocycles. The first kappa shape index (κ1) is 26.5. The van der Waals surface area contributed by atoms with Crippen LogP contribution in [0.1, 0.15) is 126 Å². The zero-order chi connectivity index (χ0) is 22.2. The van der Waals surface area contributed by atoms with E-state index in [1.54, 1.807) is 0 Å². The Kier molecular flexibility index (Phi) is 14.3. The molecule has 0 bridgehead atoms. The second-order valence-electron chi connectivity index (χ2n) is 9.09. The Balaban J connectivity index is 1.98. The molecule has 1 aromatic carbocycles. The van der Waals surface area contributed by atoms with Crippen molar-refractivity contribution in [1.82, 2.24) is 0 Å². The van der Waals surface area contributed by atoms with Crippen LogP contribution in [0.5, 0.6) is 5.75 Å². The zero-order valence-electron chi connectivity index (χ0n) is 20.2. The molecule has 0 aliphatic carbocycles. The Labute approximate surface area is 186 Å². The number of rotatable bonds is 17. The van der Waals surface area contributed by atoms with Crippen molar-refractivity contribution in [3.63, 3.8) is 0 Å². The van der Waals surface area contributed by atoms with Gasteiger partial charge in [0, 0.05) is 12.1 Å². The number of aryl methyl sites for hydroxylation is 1. The van der Waals surface area contributed by atoms with E-state index >= 15 is 0 Å². The number of amides is 1. The molecular formula is C27H47NO2. The van der Waals surface area contributed by atoms with E-state index in [2.05, 4.69) is 12.2 Å². The summed E-state index contributed by atoms with van der Waals surface area (Å²) < 4.78 is 0. The summed E-state index contributed by atoms with van der Waals surface area (Å²) in [5.41, 5.74) is 3.43. The fraction of sp³-hybridized carbons (Fsp3) is 0.741. The standard InChI is InChI=1S/C27H47NO2/c1-5-6-7-8-9-10-11-12-13-14-15-16-17-18-19-20-26(29)28-25-21-22(2)27(30)24(4)23(25)3/h21,30H,5-20H2,1-4H3,(H,28,29). The highest BCUT2D eigenvalue weighted by atomic mass is 16.3. The predicted octanol–water partition coefficient (Wildman–Crippen LogP) is 8.52. The number of hydrogen-bond acceptors (Lipinski definition) is 2. The van der Waals surface area contributed by atoms with Gasteiger partial charge in [-0.05, 0) is 49.9 Å². The van der Waals surface area contributed by atoms with E-state index in [0.29, 0.717) is 12.2 Å². The van der Waals surface area contributed by atoms with Gasteiger partial charge in [0.15, 0.2) is 0 Å². The molecule has 0 radical (unpaired) electrons. The molecule has 30 heavy (non-hydrogen) atoms. The Hall–Kier alpha value is -1.51. The van der Waals surface area contributed by atoms with Crippen LogP contribution in [0.4, 0.5) is 5.69 Å². The molecule has 1 rings (SSSR count). The fourth-order valence-electron chi connectivity index (χ4n) is 4.07. The van der Waals surface area contributed by atoms with Crippen LogP contribution in [0.2, 0.25) is 0 Å². The van der Waals surface area contributed by atoms with Crippen LogP contribution in [0.15, 0.2) is 6.07 Å². The van der Waals surface area contributed by atoms with Crippen LogP contribution in [0.3, 0.4) is 0 Å². The van der Waals surface area contributed by atoms with E-state index in [9.17, 15) is 9.90 Å². The molecule has 0 heterocycles. The summed E-state index contributed by atoms with van der Waals surface area (Å²) in [7, 11) is 0. The molecular weight excluding hydrogens is 370 g/mol. The van der Waals surface area contributed by atoms with Gasteiger partial charge in [-0.15, -0.1) is 0 Å². The molecule has 0 atom stereocenters. The van der Waals surface area contributed by atoms with Gasteiger partial charge in [-0.25, -0.2) is 0 Å². The van der Waals surface area contributed by atoms with Crippen LogP contribution < -0.4 is 5.32 Å². The second kappa shape index (κ2) is 16.2. The Morgan fingerprint density at radius 3 is 1.63 bits per heavy atom. The molecule has 0 saturated heterocycles. The largest absolute Gasteiger partial charge is 0.507 e. The summed E-state index contributed by atoms with van der Waals surface area (Å²) >= 11 is 0. The Morgan fingerprint density at radius 2 is 1.17 bits per heavy atom. The first-order chi connectivity index (χ1) is 14.5. The Morgan fingerprint density at radius 1 is 0.733 bits per heavy atom. The average Bonchev–Trinajstić information content (AvgIpc) is 2.73. The highest BCUT2D eigenvalue weighted by Crippen LogP contribution is 2.30. The lowest BCUT2D eigenvalue weighted by Gasteiger charge is -2.14. The monoisotopic (exact) mass is 417 g/mol. The predicted molar refractivity (Wildman–Crippen MR) is 130 cm³/mol. The third kappa shape index (κ3) is 11.0. The van der Waals surface area contributed by atoms with Crippen LogP contribution in [0, 0.1) is 20.8 Å². The van der Waals surface area contributed by atoms with E-state index < -0.39 is 0 Å². The topological polar surface area (TPSA) is 49.3 Å². The average molecular weight is 418 g/mol. The molecule has 3 nitrogen and oxygen atoms in total. The van der Waals surface area contributed by atoms with E-state index in [0.717, 1.165) is 35.2 Å². The van der Waals surface area contributed by atoms with Crippen LogP contribution in [-0.2, 0) is 4.79 Å². The summed E-state index contributed by atoms with van der Waals surface area (Å²) in [5, 5.41) is 13.0. The number of carbonyl (C=O) groups is 1. The van der Waals surface area contributed by atoms with Gasteiger partial charge in [-0.1, -0.05) is 96.8 Å². The summed E-state index contributed by atoms with van der Waals surface area (Å²) in [4.78, 5) is 12.2. The van der Waals surface area contributed by atoms with E-state index in [1.807, 2.05) is 26.8 Å². The highest BCUT2D eigenvalue weighted by Gasteiger charge is 2.11. The Bertz CT molecular complexity index is 609. The number of aromatic hydroxyl groups is 1. The van der Waals surface area contributed by atoms with Gasteiger partial charge in [0.05, 0.1) is 0 Å². The lowest BCUT2D eigenvalue weighted by atomic mass is 10.0. The maximum Gasteiger partial charge on any atom is 0.224 e. The first-order valence-corrected chi connectivity index (χ1v) is 12.6. The molecule has 172 valence electrons. The van der Waals surface area contributed by atoms with Gasteiger partial charge in [-0.3, -0.25) is 4.79 Å². The number of phenols is 1. The summed E-state index contributed by atoms with van der Waals surface area (Å²) in [6.07, 6.45) is 20.6. The number of phenolic OH excluding ortho intramolecular Hbond substituents is 1. The normalized spacial score (nSPS) is 11.1. The number of carbonyl (C=O) groups excluding carboxylic acids is 1. The summed E-state index contributed by atoms with van der Waals surface area (Å²) in [6.45, 7) is 7.98. The molecule has 0 saturated carbocycles. The van der Waals surface area contributed by atoms with Gasteiger partial charge >= 0.3 is 0 Å². The van der Waals surface area contributed by atoms with Gasteiger partial charge in [0.1, 0.15) is 5.75 Å². The molecule has 0 aliphatic rings. The molecule has 0 aromatic heterocycles. The molecule has 1 amide bonds. The van der Waals surface area contributed by atoms with E-state index in [1.165, 1.54) is 83.5 Å². The smallest absolute Gasteiger partial charge is 0.224 e. The molecule has 3 heteroatoms. The third-order valence-electron chi connectivity index (χ3n) is 6.34. The number of nitrogens with one attached hydrogen (secondary N) is 1.